The van der Waals surface area contributed by atoms with Crippen LogP contribution in [-0.2, 0) is 23.2 Å². The lowest BCUT2D eigenvalue weighted by Crippen LogP contribution is -2.37. The highest BCUT2D eigenvalue weighted by Gasteiger charge is 2.14. The van der Waals surface area contributed by atoms with E-state index in [1.165, 1.54) is 16.2 Å². The van der Waals surface area contributed by atoms with Crippen molar-refractivity contribution >= 4 is 28.5 Å². The van der Waals surface area contributed by atoms with Crippen LogP contribution in [0.1, 0.15) is 5.56 Å². The molecule has 0 atom stereocenters. The van der Waals surface area contributed by atoms with Gasteiger partial charge >= 0.3 is 5.69 Å². The summed E-state index contributed by atoms with van der Waals surface area (Å²) in [4.78, 5) is 36.8. The molecule has 2 N–H and O–H groups in total. The largest absolute Gasteiger partial charge is 0.495 e. The van der Waals surface area contributed by atoms with Crippen LogP contribution in [-0.4, -0.2) is 34.6 Å². The van der Waals surface area contributed by atoms with Crippen LogP contribution >= 0.6 is 0 Å². The highest BCUT2D eigenvalue weighted by atomic mass is 16.5. The summed E-state index contributed by atoms with van der Waals surface area (Å²) in [5.41, 5.74) is 2.62. The van der Waals surface area contributed by atoms with Crippen molar-refractivity contribution in [2.45, 2.75) is 13.5 Å². The number of fused-ring (bicyclic) bond motifs is 1. The van der Waals surface area contributed by atoms with Crippen molar-refractivity contribution < 1.29 is 14.3 Å². The molecule has 2 aromatic carbocycles. The molecule has 0 aliphatic heterocycles. The first-order chi connectivity index (χ1) is 13.4. The number of aryl methyl sites for hydroxylation is 2. The first-order valence-corrected chi connectivity index (χ1v) is 8.76. The van der Waals surface area contributed by atoms with E-state index in [2.05, 4.69) is 10.6 Å². The van der Waals surface area contributed by atoms with Crippen LogP contribution in [0.15, 0.2) is 47.3 Å². The van der Waals surface area contributed by atoms with E-state index in [-0.39, 0.29) is 24.7 Å². The van der Waals surface area contributed by atoms with E-state index in [9.17, 15) is 14.4 Å². The predicted molar refractivity (Wildman–Crippen MR) is 107 cm³/mol. The first kappa shape index (κ1) is 19.2. The van der Waals surface area contributed by atoms with Crippen LogP contribution in [0.2, 0.25) is 0 Å². The standard InChI is InChI=1S/C20H22N4O4/c1-13-8-9-17(28-3)14(10-13)22-18(25)11-21-19(26)12-24-16-7-5-4-6-15(16)23(2)20(24)27/h4-10H,11-12H2,1-3H3,(H,21,26)(H,22,25). The van der Waals surface area contributed by atoms with E-state index >= 15 is 0 Å². The number of ether oxygens (including phenoxy) is 1. The molecule has 146 valence electrons. The van der Waals surface area contributed by atoms with Gasteiger partial charge in [-0.15, -0.1) is 0 Å². The molecule has 0 saturated heterocycles. The maximum absolute atomic E-state index is 12.4. The second-order valence-corrected chi connectivity index (χ2v) is 6.45. The lowest BCUT2D eigenvalue weighted by Gasteiger charge is -2.11. The maximum Gasteiger partial charge on any atom is 0.329 e. The maximum atomic E-state index is 12.4. The molecule has 0 fully saturated rings. The number of hydrogen-bond acceptors (Lipinski definition) is 4. The Balaban J connectivity index is 1.64. The number of rotatable bonds is 6. The minimum absolute atomic E-state index is 0.165. The molecule has 2 amide bonds. The molecule has 0 bridgehead atoms. The van der Waals surface area contributed by atoms with Crippen molar-refractivity contribution in [1.29, 1.82) is 0 Å². The molecule has 0 unspecified atom stereocenters. The number of imidazole rings is 1. The van der Waals surface area contributed by atoms with Crippen molar-refractivity contribution in [3.05, 3.63) is 58.5 Å². The zero-order chi connectivity index (χ0) is 20.3. The normalized spacial score (nSPS) is 10.7. The fourth-order valence-corrected chi connectivity index (χ4v) is 3.01. The minimum Gasteiger partial charge on any atom is -0.495 e. The summed E-state index contributed by atoms with van der Waals surface area (Å²) in [7, 11) is 3.17. The van der Waals surface area contributed by atoms with Crippen molar-refractivity contribution in [3.63, 3.8) is 0 Å². The summed E-state index contributed by atoms with van der Waals surface area (Å²) in [5.74, 6) is -0.278. The number of carbonyl (C=O) groups excluding carboxylic acids is 2. The zero-order valence-corrected chi connectivity index (χ0v) is 16.0. The Morgan fingerprint density at radius 3 is 2.50 bits per heavy atom. The van der Waals surface area contributed by atoms with E-state index in [0.717, 1.165) is 11.1 Å². The molecule has 0 spiro atoms. The van der Waals surface area contributed by atoms with Gasteiger partial charge in [-0.25, -0.2) is 4.79 Å². The van der Waals surface area contributed by atoms with E-state index in [1.807, 2.05) is 25.1 Å². The number of nitrogens with zero attached hydrogens (tertiary/aromatic N) is 2. The molecule has 28 heavy (non-hydrogen) atoms. The Morgan fingerprint density at radius 1 is 1.07 bits per heavy atom. The van der Waals surface area contributed by atoms with Crippen LogP contribution in [0.5, 0.6) is 5.75 Å². The SMILES string of the molecule is COc1ccc(C)cc1NC(=O)CNC(=O)Cn1c(=O)n(C)c2ccccc21. The Morgan fingerprint density at radius 2 is 1.79 bits per heavy atom. The number of benzene rings is 2. The second-order valence-electron chi connectivity index (χ2n) is 6.45. The van der Waals surface area contributed by atoms with Gasteiger partial charge in [0.2, 0.25) is 11.8 Å². The van der Waals surface area contributed by atoms with E-state index in [0.29, 0.717) is 17.0 Å². The third kappa shape index (κ3) is 3.90. The van der Waals surface area contributed by atoms with Crippen LogP contribution in [0.25, 0.3) is 11.0 Å². The second kappa shape index (κ2) is 7.99. The molecule has 8 heteroatoms. The van der Waals surface area contributed by atoms with Gasteiger partial charge in [-0.3, -0.25) is 18.7 Å². The van der Waals surface area contributed by atoms with Crippen LogP contribution < -0.4 is 21.1 Å². The third-order valence-electron chi connectivity index (χ3n) is 4.43. The Labute approximate surface area is 161 Å². The number of aromatic nitrogens is 2. The lowest BCUT2D eigenvalue weighted by atomic mass is 10.2. The Bertz CT molecular complexity index is 1100. The average molecular weight is 382 g/mol. The van der Waals surface area contributed by atoms with Crippen molar-refractivity contribution in [2.24, 2.45) is 7.05 Å². The molecule has 3 aromatic rings. The van der Waals surface area contributed by atoms with Gasteiger partial charge < -0.3 is 15.4 Å². The summed E-state index contributed by atoms with van der Waals surface area (Å²) in [6, 6.07) is 12.6. The molecular formula is C20H22N4O4. The van der Waals surface area contributed by atoms with Crippen LogP contribution in [0, 0.1) is 6.92 Å². The number of hydrogen-bond donors (Lipinski definition) is 2. The van der Waals surface area contributed by atoms with Gasteiger partial charge in [0, 0.05) is 7.05 Å². The molecular weight excluding hydrogens is 360 g/mol. The van der Waals surface area contributed by atoms with Gasteiger partial charge in [0.15, 0.2) is 0 Å². The topological polar surface area (TPSA) is 94.4 Å². The fraction of sp³-hybridized carbons (Fsp3) is 0.250. The van der Waals surface area contributed by atoms with Gasteiger partial charge in [-0.2, -0.15) is 0 Å². The third-order valence-corrected chi connectivity index (χ3v) is 4.43. The molecule has 3 rings (SSSR count). The van der Waals surface area contributed by atoms with Gasteiger partial charge in [-0.1, -0.05) is 18.2 Å². The Hall–Kier alpha value is -3.55. The molecule has 0 aliphatic rings. The molecule has 0 saturated carbocycles. The fourth-order valence-electron chi connectivity index (χ4n) is 3.01. The van der Waals surface area contributed by atoms with E-state index in [1.54, 1.807) is 31.3 Å². The number of amides is 2. The highest BCUT2D eigenvalue weighted by molar-refractivity contribution is 5.95. The predicted octanol–water partition coefficient (Wildman–Crippen LogP) is 1.41. The zero-order valence-electron chi connectivity index (χ0n) is 16.0. The van der Waals surface area contributed by atoms with Crippen LogP contribution in [0.3, 0.4) is 0 Å². The summed E-state index contributed by atoms with van der Waals surface area (Å²) in [5, 5.41) is 5.26. The monoisotopic (exact) mass is 382 g/mol. The molecule has 0 radical (unpaired) electrons. The van der Waals surface area contributed by atoms with Gasteiger partial charge in [0.25, 0.3) is 0 Å². The molecule has 1 heterocycles. The van der Waals surface area contributed by atoms with Gasteiger partial charge in [0.05, 0.1) is 30.4 Å². The summed E-state index contributed by atoms with van der Waals surface area (Å²) in [6.07, 6.45) is 0. The molecule has 8 nitrogen and oxygen atoms in total. The smallest absolute Gasteiger partial charge is 0.329 e. The number of methoxy groups -OCH3 is 1. The average Bonchev–Trinajstić information content (AvgIpc) is 2.92. The first-order valence-electron chi connectivity index (χ1n) is 8.76. The molecule has 1 aromatic heterocycles. The van der Waals surface area contributed by atoms with Crippen LogP contribution in [0.4, 0.5) is 5.69 Å². The lowest BCUT2D eigenvalue weighted by molar-refractivity contribution is -0.124. The van der Waals surface area contributed by atoms with E-state index in [4.69, 9.17) is 4.74 Å². The van der Waals surface area contributed by atoms with Crippen molar-refractivity contribution in [2.75, 3.05) is 19.0 Å². The summed E-state index contributed by atoms with van der Waals surface area (Å²) < 4.78 is 8.09. The highest BCUT2D eigenvalue weighted by Crippen LogP contribution is 2.24. The number of carbonyl (C=O) groups is 2. The number of anilines is 1. The Kier molecular flexibility index (Phi) is 5.49. The van der Waals surface area contributed by atoms with Gasteiger partial charge in [-0.05, 0) is 36.8 Å². The van der Waals surface area contributed by atoms with E-state index < -0.39 is 5.91 Å². The molecule has 0 aliphatic carbocycles. The quantitative estimate of drug-likeness (QED) is 0.674. The summed E-state index contributed by atoms with van der Waals surface area (Å²) in [6.45, 7) is 1.52. The number of nitrogens with one attached hydrogen (secondary N) is 2. The minimum atomic E-state index is -0.426. The van der Waals surface area contributed by atoms with Crippen molar-refractivity contribution in [1.82, 2.24) is 14.5 Å². The summed E-state index contributed by atoms with van der Waals surface area (Å²) >= 11 is 0. The van der Waals surface area contributed by atoms with Crippen molar-refractivity contribution in [3.8, 4) is 5.75 Å². The van der Waals surface area contributed by atoms with Gasteiger partial charge in [0.1, 0.15) is 12.3 Å². The number of para-hydroxylation sites is 2.